The fraction of sp³-hybridized carbons (Fsp3) is 0.458. The van der Waals surface area contributed by atoms with E-state index in [9.17, 15) is 14.3 Å². The van der Waals surface area contributed by atoms with Gasteiger partial charge in [-0.05, 0) is 54.3 Å². The highest BCUT2D eigenvalue weighted by molar-refractivity contribution is 7.99. The van der Waals surface area contributed by atoms with Gasteiger partial charge in [-0.1, -0.05) is 26.0 Å². The van der Waals surface area contributed by atoms with Crippen molar-refractivity contribution in [2.75, 3.05) is 47.9 Å². The third-order valence-corrected chi connectivity index (χ3v) is 6.29. The highest BCUT2D eigenvalue weighted by Gasteiger charge is 2.21. The summed E-state index contributed by atoms with van der Waals surface area (Å²) in [5.41, 5.74) is 3.54. The van der Waals surface area contributed by atoms with Crippen LogP contribution in [-0.4, -0.2) is 53.7 Å². The number of nitrogens with zero attached hydrogens (tertiary/aromatic N) is 2. The predicted octanol–water partition coefficient (Wildman–Crippen LogP) is 4.91. The molecule has 0 saturated carbocycles. The van der Waals surface area contributed by atoms with Gasteiger partial charge in [0.2, 0.25) is 0 Å². The zero-order valence-electron chi connectivity index (χ0n) is 18.5. The molecule has 2 aromatic rings. The molecule has 1 fully saturated rings. The van der Waals surface area contributed by atoms with Gasteiger partial charge in [-0.2, -0.15) is 11.8 Å². The van der Waals surface area contributed by atoms with Gasteiger partial charge in [-0.15, -0.1) is 0 Å². The van der Waals surface area contributed by atoms with E-state index in [4.69, 9.17) is 0 Å². The van der Waals surface area contributed by atoms with E-state index in [1.165, 1.54) is 17.8 Å². The number of benzene rings is 2. The molecule has 0 spiro atoms. The zero-order chi connectivity index (χ0) is 22.4. The van der Waals surface area contributed by atoms with Crippen molar-refractivity contribution in [1.29, 1.82) is 0 Å². The van der Waals surface area contributed by atoms with Gasteiger partial charge in [0.15, 0.2) is 0 Å². The van der Waals surface area contributed by atoms with Gasteiger partial charge in [0.25, 0.3) is 0 Å². The first-order valence-electron chi connectivity index (χ1n) is 10.8. The lowest BCUT2D eigenvalue weighted by molar-refractivity contribution is 0.121. The minimum atomic E-state index is -0.884. The van der Waals surface area contributed by atoms with Crippen molar-refractivity contribution in [3.63, 3.8) is 0 Å². The Kier molecular flexibility index (Phi) is 8.21. The summed E-state index contributed by atoms with van der Waals surface area (Å²) in [6, 6.07) is 11.6. The first kappa shape index (κ1) is 23.4. The van der Waals surface area contributed by atoms with Crippen LogP contribution in [-0.2, 0) is 0 Å². The van der Waals surface area contributed by atoms with E-state index < -0.39 is 6.10 Å². The topological polar surface area (TPSA) is 55.8 Å². The van der Waals surface area contributed by atoms with E-state index >= 15 is 0 Å². The summed E-state index contributed by atoms with van der Waals surface area (Å²) in [4.78, 5) is 17.0. The fourth-order valence-corrected chi connectivity index (χ4v) is 4.58. The number of amides is 2. The van der Waals surface area contributed by atoms with Crippen LogP contribution in [0.2, 0.25) is 0 Å². The molecule has 0 radical (unpaired) electrons. The maximum absolute atomic E-state index is 13.2. The molecule has 0 aliphatic carbocycles. The Bertz CT molecular complexity index is 870. The lowest BCUT2D eigenvalue weighted by Crippen LogP contribution is -2.40. The van der Waals surface area contributed by atoms with Crippen LogP contribution in [0.4, 0.5) is 20.6 Å². The molecule has 2 aromatic carbocycles. The molecule has 0 bridgehead atoms. The Morgan fingerprint density at radius 2 is 1.84 bits per heavy atom. The summed E-state index contributed by atoms with van der Waals surface area (Å²) < 4.78 is 13.2. The van der Waals surface area contributed by atoms with Crippen molar-refractivity contribution in [2.45, 2.75) is 26.9 Å². The van der Waals surface area contributed by atoms with Crippen LogP contribution in [0.1, 0.15) is 31.1 Å². The number of halogens is 1. The maximum atomic E-state index is 13.2. The molecule has 1 aliphatic heterocycles. The van der Waals surface area contributed by atoms with Gasteiger partial charge in [-0.25, -0.2) is 9.18 Å². The molecule has 31 heavy (non-hydrogen) atoms. The Hall–Kier alpha value is -2.25. The third kappa shape index (κ3) is 6.61. The molecule has 0 aromatic heterocycles. The molecular formula is C24H32FN3O2S. The molecule has 2 amide bonds. The Morgan fingerprint density at radius 1 is 1.16 bits per heavy atom. The Balaban J connectivity index is 1.69. The number of aliphatic hydroxyl groups excluding tert-OH is 1. The van der Waals surface area contributed by atoms with Crippen LogP contribution in [0.3, 0.4) is 0 Å². The standard InChI is InChI=1S/C24H32FN3O2S/c1-17(2)15-28(16-23(29)19-4-6-20(25)7-5-19)24(30)26-22-9-8-21(14-18(22)3)27-10-12-31-13-11-27/h4-9,14,17,23,29H,10-13,15-16H2,1-3H3,(H,26,30)/t23-/m1/s1. The third-order valence-electron chi connectivity index (χ3n) is 5.35. The molecule has 2 N–H and O–H groups in total. The Labute approximate surface area is 188 Å². The number of anilines is 2. The van der Waals surface area contributed by atoms with Crippen molar-refractivity contribution < 1.29 is 14.3 Å². The number of aliphatic hydroxyl groups is 1. The van der Waals surface area contributed by atoms with Gasteiger partial charge in [0.05, 0.1) is 12.6 Å². The highest BCUT2D eigenvalue weighted by Crippen LogP contribution is 2.25. The summed E-state index contributed by atoms with van der Waals surface area (Å²) in [5.74, 6) is 2.16. The lowest BCUT2D eigenvalue weighted by atomic mass is 10.1. The van der Waals surface area contributed by atoms with Crippen LogP contribution in [0.25, 0.3) is 0 Å². The van der Waals surface area contributed by atoms with E-state index in [1.807, 2.05) is 38.6 Å². The van der Waals surface area contributed by atoms with Crippen LogP contribution in [0.5, 0.6) is 0 Å². The minimum absolute atomic E-state index is 0.137. The molecule has 1 atom stereocenters. The van der Waals surface area contributed by atoms with E-state index in [-0.39, 0.29) is 24.3 Å². The van der Waals surface area contributed by atoms with E-state index in [2.05, 4.69) is 22.3 Å². The fourth-order valence-electron chi connectivity index (χ4n) is 3.68. The number of aryl methyl sites for hydroxylation is 1. The number of thioether (sulfide) groups is 1. The zero-order valence-corrected chi connectivity index (χ0v) is 19.3. The number of rotatable bonds is 7. The number of urea groups is 1. The van der Waals surface area contributed by atoms with Crippen molar-refractivity contribution in [2.24, 2.45) is 5.92 Å². The highest BCUT2D eigenvalue weighted by atomic mass is 32.2. The minimum Gasteiger partial charge on any atom is -0.387 e. The van der Waals surface area contributed by atoms with Crippen molar-refractivity contribution >= 4 is 29.2 Å². The second kappa shape index (κ2) is 10.9. The average molecular weight is 446 g/mol. The largest absolute Gasteiger partial charge is 0.387 e. The van der Waals surface area contributed by atoms with E-state index in [0.717, 1.165) is 35.8 Å². The number of carbonyl (C=O) groups excluding carboxylic acids is 1. The van der Waals surface area contributed by atoms with Gasteiger partial charge >= 0.3 is 6.03 Å². The monoisotopic (exact) mass is 445 g/mol. The van der Waals surface area contributed by atoms with E-state index in [0.29, 0.717) is 12.1 Å². The quantitative estimate of drug-likeness (QED) is 0.636. The molecular weight excluding hydrogens is 413 g/mol. The molecule has 1 saturated heterocycles. The molecule has 0 unspecified atom stereocenters. The summed E-state index contributed by atoms with van der Waals surface area (Å²) in [5, 5.41) is 13.6. The van der Waals surface area contributed by atoms with E-state index in [1.54, 1.807) is 17.0 Å². The second-order valence-corrected chi connectivity index (χ2v) is 9.62. The van der Waals surface area contributed by atoms with Gasteiger partial charge in [-0.3, -0.25) is 0 Å². The number of hydrogen-bond donors (Lipinski definition) is 2. The first-order chi connectivity index (χ1) is 14.8. The SMILES string of the molecule is Cc1cc(N2CCSCC2)ccc1NC(=O)N(CC(C)C)C[C@@H](O)c1ccc(F)cc1. The first-order valence-corrected chi connectivity index (χ1v) is 11.9. The molecule has 3 rings (SSSR count). The van der Waals surface area contributed by atoms with Crippen molar-refractivity contribution in [3.8, 4) is 0 Å². The molecule has 1 aliphatic rings. The summed E-state index contributed by atoms with van der Waals surface area (Å²) in [7, 11) is 0. The maximum Gasteiger partial charge on any atom is 0.321 e. The van der Waals surface area contributed by atoms with Crippen molar-refractivity contribution in [3.05, 3.63) is 59.4 Å². The van der Waals surface area contributed by atoms with Crippen LogP contribution >= 0.6 is 11.8 Å². The lowest BCUT2D eigenvalue weighted by Gasteiger charge is -2.30. The Morgan fingerprint density at radius 3 is 2.45 bits per heavy atom. The van der Waals surface area contributed by atoms with Gasteiger partial charge in [0.1, 0.15) is 5.82 Å². The molecule has 7 heteroatoms. The molecule has 5 nitrogen and oxygen atoms in total. The van der Waals surface area contributed by atoms with Gasteiger partial charge < -0.3 is 20.2 Å². The van der Waals surface area contributed by atoms with Crippen molar-refractivity contribution in [1.82, 2.24) is 4.90 Å². The average Bonchev–Trinajstić information content (AvgIpc) is 2.75. The number of nitrogens with one attached hydrogen (secondary N) is 1. The summed E-state index contributed by atoms with van der Waals surface area (Å²) >= 11 is 1.98. The number of hydrogen-bond acceptors (Lipinski definition) is 4. The smallest absolute Gasteiger partial charge is 0.321 e. The van der Waals surface area contributed by atoms with Crippen LogP contribution in [0.15, 0.2) is 42.5 Å². The summed E-state index contributed by atoms with van der Waals surface area (Å²) in [6.07, 6.45) is -0.884. The summed E-state index contributed by atoms with van der Waals surface area (Å²) in [6.45, 7) is 8.78. The van der Waals surface area contributed by atoms with Crippen LogP contribution < -0.4 is 10.2 Å². The van der Waals surface area contributed by atoms with Crippen LogP contribution in [0, 0.1) is 18.7 Å². The molecule has 1 heterocycles. The van der Waals surface area contributed by atoms with Gasteiger partial charge in [0, 0.05) is 42.5 Å². The predicted molar refractivity (Wildman–Crippen MR) is 128 cm³/mol. The normalized spacial score (nSPS) is 15.1. The number of carbonyl (C=O) groups is 1. The second-order valence-electron chi connectivity index (χ2n) is 8.39. The molecule has 168 valence electrons.